The molecule has 2 amide bonds. The van der Waals surface area contributed by atoms with Crippen LogP contribution >= 0.6 is 0 Å². The third-order valence-corrected chi connectivity index (χ3v) is 6.78. The van der Waals surface area contributed by atoms with Crippen molar-refractivity contribution in [2.24, 2.45) is 11.8 Å². The fourth-order valence-corrected chi connectivity index (χ4v) is 5.01. The molecule has 0 aliphatic carbocycles. The highest BCUT2D eigenvalue weighted by atomic mass is 16.5. The van der Waals surface area contributed by atoms with Gasteiger partial charge in [-0.1, -0.05) is 32.9 Å². The Morgan fingerprint density at radius 2 is 1.97 bits per heavy atom. The minimum atomic E-state index is -1.02. The molecule has 0 spiro atoms. The minimum absolute atomic E-state index is 0.188. The summed E-state index contributed by atoms with van der Waals surface area (Å²) >= 11 is 0. The number of carbonyl (C=O) groups excluding carboxylic acids is 1. The molecule has 3 rings (SSSR count). The number of fused-ring (bicyclic) bond motifs is 1. The number of amides is 2. The third kappa shape index (κ3) is 6.52. The van der Waals surface area contributed by atoms with Gasteiger partial charge in [0.25, 0.3) is 5.91 Å². The van der Waals surface area contributed by atoms with Crippen LogP contribution < -0.4 is 0 Å². The molecule has 9 nitrogen and oxygen atoms in total. The first-order chi connectivity index (χ1) is 16.8. The number of benzene rings is 1. The van der Waals surface area contributed by atoms with Gasteiger partial charge in [0.1, 0.15) is 0 Å². The lowest BCUT2D eigenvalue weighted by Gasteiger charge is -2.43. The molecule has 194 valence electrons. The van der Waals surface area contributed by atoms with Crippen LogP contribution in [0.4, 0.5) is 4.79 Å². The topological polar surface area (TPSA) is 108 Å². The quantitative estimate of drug-likeness (QED) is 0.467. The largest absolute Gasteiger partial charge is 0.465 e. The first-order valence-electron chi connectivity index (χ1n) is 12.7. The predicted octanol–water partition coefficient (Wildman–Crippen LogP) is 3.70. The first kappa shape index (κ1) is 26.9. The van der Waals surface area contributed by atoms with Gasteiger partial charge in [-0.3, -0.25) is 4.79 Å². The zero-order valence-electron chi connectivity index (χ0n) is 21.4. The minimum Gasteiger partial charge on any atom is -0.465 e. The van der Waals surface area contributed by atoms with E-state index in [1.54, 1.807) is 12.0 Å². The Morgan fingerprint density at radius 1 is 1.23 bits per heavy atom. The van der Waals surface area contributed by atoms with Crippen LogP contribution in [0.2, 0.25) is 0 Å². The molecule has 1 aromatic heterocycles. The average molecular weight is 489 g/mol. The van der Waals surface area contributed by atoms with E-state index >= 15 is 0 Å². The van der Waals surface area contributed by atoms with E-state index < -0.39 is 12.2 Å². The van der Waals surface area contributed by atoms with E-state index in [1.165, 1.54) is 4.90 Å². The molecule has 2 N–H and O–H groups in total. The molecule has 1 fully saturated rings. The lowest BCUT2D eigenvalue weighted by Crippen LogP contribution is -2.56. The summed E-state index contributed by atoms with van der Waals surface area (Å²) < 4.78 is 7.17. The number of aliphatic hydroxyl groups is 1. The van der Waals surface area contributed by atoms with Crippen molar-refractivity contribution in [3.05, 3.63) is 30.1 Å². The number of carbonyl (C=O) groups is 2. The zero-order valence-corrected chi connectivity index (χ0v) is 21.4. The van der Waals surface area contributed by atoms with Crippen LogP contribution in [0.1, 0.15) is 57.1 Å². The number of rotatable bonds is 11. The number of imidazole rings is 1. The molecule has 1 aliphatic heterocycles. The molecule has 2 heterocycles. The van der Waals surface area contributed by atoms with Gasteiger partial charge in [0.05, 0.1) is 23.2 Å². The number of aromatic nitrogens is 2. The Bertz CT molecular complexity index is 991. The molecule has 0 radical (unpaired) electrons. The Hall–Kier alpha value is -2.65. The van der Waals surface area contributed by atoms with Gasteiger partial charge in [-0.25, -0.2) is 9.78 Å². The van der Waals surface area contributed by atoms with Gasteiger partial charge in [0.2, 0.25) is 0 Å². The van der Waals surface area contributed by atoms with E-state index in [0.29, 0.717) is 38.4 Å². The van der Waals surface area contributed by atoms with Crippen molar-refractivity contribution in [1.82, 2.24) is 19.4 Å². The molecule has 1 aliphatic rings. The van der Waals surface area contributed by atoms with Gasteiger partial charge in [-0.2, -0.15) is 0 Å². The number of nitrogens with zero attached hydrogens (tertiary/aromatic N) is 4. The average Bonchev–Trinajstić information content (AvgIpc) is 3.22. The maximum Gasteiger partial charge on any atom is 0.407 e. The van der Waals surface area contributed by atoms with Gasteiger partial charge in [0.15, 0.2) is 5.82 Å². The van der Waals surface area contributed by atoms with Crippen LogP contribution in [0.5, 0.6) is 0 Å². The number of methoxy groups -OCH3 is 1. The number of piperidine rings is 1. The van der Waals surface area contributed by atoms with E-state index in [9.17, 15) is 19.8 Å². The zero-order chi connectivity index (χ0) is 25.5. The fourth-order valence-electron chi connectivity index (χ4n) is 5.01. The van der Waals surface area contributed by atoms with Gasteiger partial charge < -0.3 is 29.3 Å². The second-order valence-corrected chi connectivity index (χ2v) is 9.94. The van der Waals surface area contributed by atoms with Crippen molar-refractivity contribution in [3.63, 3.8) is 0 Å². The van der Waals surface area contributed by atoms with Crippen LogP contribution in [0, 0.1) is 11.8 Å². The lowest BCUT2D eigenvalue weighted by molar-refractivity contribution is 0.00689. The van der Waals surface area contributed by atoms with Crippen molar-refractivity contribution >= 4 is 23.0 Å². The summed E-state index contributed by atoms with van der Waals surface area (Å²) in [6.45, 7) is 8.28. The second-order valence-electron chi connectivity index (χ2n) is 9.94. The van der Waals surface area contributed by atoms with Crippen LogP contribution in [-0.2, 0) is 11.3 Å². The predicted molar refractivity (Wildman–Crippen MR) is 135 cm³/mol. The Morgan fingerprint density at radius 3 is 2.63 bits per heavy atom. The van der Waals surface area contributed by atoms with Gasteiger partial charge in [-0.05, 0) is 43.7 Å². The summed E-state index contributed by atoms with van der Waals surface area (Å²) in [4.78, 5) is 33.8. The molecule has 0 saturated carbocycles. The molecule has 3 atom stereocenters. The van der Waals surface area contributed by atoms with Crippen molar-refractivity contribution in [3.8, 4) is 0 Å². The molecule has 9 heteroatoms. The van der Waals surface area contributed by atoms with Gasteiger partial charge in [-0.15, -0.1) is 0 Å². The van der Waals surface area contributed by atoms with E-state index in [4.69, 9.17) is 9.72 Å². The highest BCUT2D eigenvalue weighted by Crippen LogP contribution is 2.28. The smallest absolute Gasteiger partial charge is 0.407 e. The molecule has 1 unspecified atom stereocenters. The van der Waals surface area contributed by atoms with Crippen molar-refractivity contribution in [2.75, 3.05) is 33.4 Å². The summed E-state index contributed by atoms with van der Waals surface area (Å²) in [5.74, 6) is 0.159. The SMILES string of the molecule is CCC(O)[C@@H]1C[C@H](N(CC(C)C)C(=O)c2nc3ccccc3n2CCCCOC)CN(C(=O)O)C1. The van der Waals surface area contributed by atoms with Gasteiger partial charge in [0, 0.05) is 45.8 Å². The lowest BCUT2D eigenvalue weighted by atomic mass is 9.87. The molecule has 0 bridgehead atoms. The van der Waals surface area contributed by atoms with Crippen LogP contribution in [0.25, 0.3) is 11.0 Å². The number of likely N-dealkylation sites (tertiary alicyclic amines) is 1. The molecular formula is C26H40N4O5. The van der Waals surface area contributed by atoms with Gasteiger partial charge >= 0.3 is 6.09 Å². The summed E-state index contributed by atoms with van der Waals surface area (Å²) in [6, 6.07) is 7.40. The number of hydrogen-bond donors (Lipinski definition) is 2. The van der Waals surface area contributed by atoms with Crippen molar-refractivity contribution in [1.29, 1.82) is 0 Å². The van der Waals surface area contributed by atoms with Crippen LogP contribution in [-0.4, -0.2) is 87.1 Å². The van der Waals surface area contributed by atoms with Crippen molar-refractivity contribution in [2.45, 2.75) is 65.1 Å². The molecular weight excluding hydrogens is 448 g/mol. The van der Waals surface area contributed by atoms with E-state index in [0.717, 1.165) is 23.9 Å². The van der Waals surface area contributed by atoms with Crippen LogP contribution in [0.15, 0.2) is 24.3 Å². The molecule has 35 heavy (non-hydrogen) atoms. The second kappa shape index (κ2) is 12.4. The summed E-state index contributed by atoms with van der Waals surface area (Å²) in [5.41, 5.74) is 1.68. The van der Waals surface area contributed by atoms with E-state index in [-0.39, 0.29) is 36.9 Å². The van der Waals surface area contributed by atoms with Crippen LogP contribution in [0.3, 0.4) is 0 Å². The number of para-hydroxylation sites is 2. The number of ether oxygens (including phenoxy) is 1. The Labute approximate surface area is 207 Å². The summed E-state index contributed by atoms with van der Waals surface area (Å²) in [6.07, 6.45) is 1.19. The number of aryl methyl sites for hydroxylation is 1. The first-order valence-corrected chi connectivity index (χ1v) is 12.7. The Kier molecular flexibility index (Phi) is 9.51. The monoisotopic (exact) mass is 488 g/mol. The molecule has 1 saturated heterocycles. The molecule has 1 aromatic carbocycles. The third-order valence-electron chi connectivity index (χ3n) is 6.78. The maximum absolute atomic E-state index is 14.1. The number of hydrogen-bond acceptors (Lipinski definition) is 5. The van der Waals surface area contributed by atoms with Crippen molar-refractivity contribution < 1.29 is 24.5 Å². The number of aliphatic hydroxyl groups excluding tert-OH is 1. The number of carboxylic acid groups (broad SMARTS) is 1. The number of unbranched alkanes of at least 4 members (excludes halogenated alkanes) is 1. The van der Waals surface area contributed by atoms with E-state index in [1.807, 2.05) is 49.6 Å². The standard InChI is InChI=1S/C26H40N4O5/c1-5-23(31)19-14-20(17-28(16-19)26(33)34)30(15-18(2)3)25(32)24-27-21-10-6-7-11-22(21)29(24)12-8-9-13-35-4/h6-7,10-11,18-20,23,31H,5,8-9,12-17H2,1-4H3,(H,33,34)/t19-,20+,23?/m1/s1. The summed E-state index contributed by atoms with van der Waals surface area (Å²) in [5, 5.41) is 20.3. The summed E-state index contributed by atoms with van der Waals surface area (Å²) in [7, 11) is 1.68. The fraction of sp³-hybridized carbons (Fsp3) is 0.654. The Balaban J connectivity index is 1.97. The van der Waals surface area contributed by atoms with E-state index in [2.05, 4.69) is 0 Å². The highest BCUT2D eigenvalue weighted by molar-refractivity contribution is 5.95. The highest BCUT2D eigenvalue weighted by Gasteiger charge is 2.38. The maximum atomic E-state index is 14.1. The normalized spacial score (nSPS) is 19.3. The molecule has 2 aromatic rings.